The smallest absolute Gasteiger partial charge is 0.270 e. The first-order valence-electron chi connectivity index (χ1n) is 6.49. The number of rotatable bonds is 6. The number of aromatic amines is 1. The normalized spacial score (nSPS) is 10.4. The Balaban J connectivity index is 2.18. The number of fused-ring (bicyclic) bond motifs is 1. The number of nitriles is 1. The van der Waals surface area contributed by atoms with Crippen molar-refractivity contribution < 1.29 is 9.53 Å². The van der Waals surface area contributed by atoms with Crippen molar-refractivity contribution in [3.05, 3.63) is 36.0 Å². The minimum Gasteiger partial charge on any atom is -0.383 e. The van der Waals surface area contributed by atoms with E-state index in [1.807, 2.05) is 30.3 Å². The van der Waals surface area contributed by atoms with Gasteiger partial charge in [-0.3, -0.25) is 4.79 Å². The molecule has 2 aromatic rings. The molecule has 0 aliphatic heterocycles. The van der Waals surface area contributed by atoms with Crippen LogP contribution in [-0.2, 0) is 4.74 Å². The van der Waals surface area contributed by atoms with E-state index >= 15 is 0 Å². The van der Waals surface area contributed by atoms with Crippen molar-refractivity contribution in [2.24, 2.45) is 0 Å². The molecule has 0 bridgehead atoms. The highest BCUT2D eigenvalue weighted by molar-refractivity contribution is 5.98. The number of nitrogens with zero attached hydrogens (tertiary/aromatic N) is 2. The molecule has 5 nitrogen and oxygen atoms in total. The number of benzene rings is 1. The Morgan fingerprint density at radius 3 is 2.90 bits per heavy atom. The first-order chi connectivity index (χ1) is 9.76. The highest BCUT2D eigenvalue weighted by Gasteiger charge is 2.17. The molecule has 1 N–H and O–H groups in total. The van der Waals surface area contributed by atoms with Gasteiger partial charge in [-0.15, -0.1) is 0 Å². The summed E-state index contributed by atoms with van der Waals surface area (Å²) in [5.41, 5.74) is 1.48. The lowest BCUT2D eigenvalue weighted by atomic mass is 10.2. The molecule has 0 fully saturated rings. The fourth-order valence-electron chi connectivity index (χ4n) is 2.06. The minimum atomic E-state index is -0.103. The molecule has 0 spiro atoms. The minimum absolute atomic E-state index is 0.103. The topological polar surface area (TPSA) is 69.1 Å². The van der Waals surface area contributed by atoms with Crippen LogP contribution >= 0.6 is 0 Å². The third-order valence-corrected chi connectivity index (χ3v) is 3.11. The molecule has 2 rings (SSSR count). The molecule has 104 valence electrons. The fourth-order valence-corrected chi connectivity index (χ4v) is 2.06. The van der Waals surface area contributed by atoms with Crippen molar-refractivity contribution in [3.63, 3.8) is 0 Å². The zero-order chi connectivity index (χ0) is 14.4. The maximum absolute atomic E-state index is 12.5. The maximum Gasteiger partial charge on any atom is 0.270 e. The predicted molar refractivity (Wildman–Crippen MR) is 76.3 cm³/mol. The molecule has 1 aromatic carbocycles. The quantitative estimate of drug-likeness (QED) is 0.875. The first kappa shape index (κ1) is 14.1. The van der Waals surface area contributed by atoms with Crippen LogP contribution in [0.3, 0.4) is 0 Å². The first-order valence-corrected chi connectivity index (χ1v) is 6.49. The summed E-state index contributed by atoms with van der Waals surface area (Å²) >= 11 is 0. The van der Waals surface area contributed by atoms with Crippen molar-refractivity contribution in [1.29, 1.82) is 5.26 Å². The van der Waals surface area contributed by atoms with Crippen molar-refractivity contribution >= 4 is 16.8 Å². The molecule has 1 amide bonds. The molecule has 0 aliphatic carbocycles. The number of nitrogens with one attached hydrogen (secondary N) is 1. The van der Waals surface area contributed by atoms with E-state index in [2.05, 4.69) is 11.1 Å². The van der Waals surface area contributed by atoms with Gasteiger partial charge in [0.05, 0.1) is 19.1 Å². The monoisotopic (exact) mass is 271 g/mol. The number of amides is 1. The molecule has 0 aliphatic rings. The van der Waals surface area contributed by atoms with Gasteiger partial charge in [-0.1, -0.05) is 18.2 Å². The van der Waals surface area contributed by atoms with Gasteiger partial charge in [-0.25, -0.2) is 0 Å². The number of para-hydroxylation sites is 1. The zero-order valence-corrected chi connectivity index (χ0v) is 11.4. The highest BCUT2D eigenvalue weighted by atomic mass is 16.5. The van der Waals surface area contributed by atoms with Gasteiger partial charge in [-0.2, -0.15) is 5.26 Å². The lowest BCUT2D eigenvalue weighted by Gasteiger charge is -2.20. The number of carbonyl (C=O) groups excluding carboxylic acids is 1. The summed E-state index contributed by atoms with van der Waals surface area (Å²) in [6, 6.07) is 11.6. The van der Waals surface area contributed by atoms with Crippen LogP contribution in [-0.4, -0.2) is 42.6 Å². The Morgan fingerprint density at radius 2 is 2.20 bits per heavy atom. The van der Waals surface area contributed by atoms with Crippen LogP contribution in [0.15, 0.2) is 30.3 Å². The Labute approximate surface area is 117 Å². The van der Waals surface area contributed by atoms with Gasteiger partial charge in [0.25, 0.3) is 5.91 Å². The Bertz CT molecular complexity index is 594. The van der Waals surface area contributed by atoms with E-state index in [9.17, 15) is 4.79 Å². The van der Waals surface area contributed by atoms with Crippen LogP contribution < -0.4 is 0 Å². The van der Waals surface area contributed by atoms with Crippen LogP contribution in [0.5, 0.6) is 0 Å². The lowest BCUT2D eigenvalue weighted by molar-refractivity contribution is 0.0695. The number of hydrogen-bond acceptors (Lipinski definition) is 3. The number of methoxy groups -OCH3 is 1. The third-order valence-electron chi connectivity index (χ3n) is 3.11. The number of H-pyrrole nitrogens is 1. The third kappa shape index (κ3) is 3.16. The number of aromatic nitrogens is 1. The van der Waals surface area contributed by atoms with E-state index in [0.29, 0.717) is 31.8 Å². The maximum atomic E-state index is 12.5. The van der Waals surface area contributed by atoms with E-state index in [-0.39, 0.29) is 5.91 Å². The zero-order valence-electron chi connectivity index (χ0n) is 11.4. The van der Waals surface area contributed by atoms with Gasteiger partial charge < -0.3 is 14.6 Å². The van der Waals surface area contributed by atoms with Gasteiger partial charge in [0.2, 0.25) is 0 Å². The Kier molecular flexibility index (Phi) is 4.75. The fraction of sp³-hybridized carbons (Fsp3) is 0.333. The summed E-state index contributed by atoms with van der Waals surface area (Å²) in [5, 5.41) is 9.68. The molecular formula is C15H17N3O2. The standard InChI is InChI=1S/C15H17N3O2/c1-20-10-9-18(8-4-7-16)15(19)14-11-12-5-2-3-6-13(12)17-14/h2-3,5-6,11,17H,4,8-10H2,1H3. The van der Waals surface area contributed by atoms with Crippen molar-refractivity contribution in [1.82, 2.24) is 9.88 Å². The summed E-state index contributed by atoms with van der Waals surface area (Å²) in [5.74, 6) is -0.103. The molecular weight excluding hydrogens is 254 g/mol. The average molecular weight is 271 g/mol. The van der Waals surface area contributed by atoms with Gasteiger partial charge in [0.15, 0.2) is 0 Å². The second-order valence-corrected chi connectivity index (χ2v) is 4.46. The highest BCUT2D eigenvalue weighted by Crippen LogP contribution is 2.16. The summed E-state index contributed by atoms with van der Waals surface area (Å²) < 4.78 is 5.01. The van der Waals surface area contributed by atoms with Crippen LogP contribution in [0.2, 0.25) is 0 Å². The van der Waals surface area contributed by atoms with Gasteiger partial charge in [-0.05, 0) is 12.1 Å². The molecule has 0 saturated heterocycles. The Hall–Kier alpha value is -2.32. The predicted octanol–water partition coefficient (Wildman–Crippen LogP) is 2.17. The van der Waals surface area contributed by atoms with Gasteiger partial charge in [0.1, 0.15) is 5.69 Å². The van der Waals surface area contributed by atoms with Gasteiger partial charge >= 0.3 is 0 Å². The molecule has 0 radical (unpaired) electrons. The van der Waals surface area contributed by atoms with E-state index in [1.165, 1.54) is 0 Å². The van der Waals surface area contributed by atoms with E-state index in [0.717, 1.165) is 10.9 Å². The summed E-state index contributed by atoms with van der Waals surface area (Å²) in [4.78, 5) is 17.2. The number of ether oxygens (including phenoxy) is 1. The number of hydrogen-bond donors (Lipinski definition) is 1. The molecule has 0 unspecified atom stereocenters. The van der Waals surface area contributed by atoms with Crippen molar-refractivity contribution in [3.8, 4) is 6.07 Å². The summed E-state index contributed by atoms with van der Waals surface area (Å²) in [6.45, 7) is 1.35. The lowest BCUT2D eigenvalue weighted by Crippen LogP contribution is -2.34. The van der Waals surface area contributed by atoms with E-state index in [1.54, 1.807) is 12.0 Å². The molecule has 20 heavy (non-hydrogen) atoms. The number of carbonyl (C=O) groups is 1. The molecule has 5 heteroatoms. The second kappa shape index (κ2) is 6.73. The second-order valence-electron chi connectivity index (χ2n) is 4.46. The van der Waals surface area contributed by atoms with E-state index in [4.69, 9.17) is 10.00 Å². The molecule has 1 aromatic heterocycles. The van der Waals surface area contributed by atoms with Crippen molar-refractivity contribution in [2.75, 3.05) is 26.8 Å². The van der Waals surface area contributed by atoms with Gasteiger partial charge in [0, 0.05) is 31.1 Å². The molecule has 1 heterocycles. The van der Waals surface area contributed by atoms with Crippen LogP contribution in [0.1, 0.15) is 16.9 Å². The van der Waals surface area contributed by atoms with E-state index < -0.39 is 0 Å². The van der Waals surface area contributed by atoms with Crippen LogP contribution in [0, 0.1) is 11.3 Å². The Morgan fingerprint density at radius 1 is 1.40 bits per heavy atom. The van der Waals surface area contributed by atoms with Crippen molar-refractivity contribution in [2.45, 2.75) is 6.42 Å². The average Bonchev–Trinajstić information content (AvgIpc) is 2.90. The summed E-state index contributed by atoms with van der Waals surface area (Å²) in [7, 11) is 1.59. The van der Waals surface area contributed by atoms with Crippen LogP contribution in [0.4, 0.5) is 0 Å². The summed E-state index contributed by atoms with van der Waals surface area (Å²) in [6.07, 6.45) is 0.315. The SMILES string of the molecule is COCCN(CCC#N)C(=O)c1cc2ccccc2[nH]1. The largest absolute Gasteiger partial charge is 0.383 e. The molecule has 0 atom stereocenters. The van der Waals surface area contributed by atoms with Crippen LogP contribution in [0.25, 0.3) is 10.9 Å². The molecule has 0 saturated carbocycles.